The number of nitrogens with two attached hydrogens (primary N) is 1. The molecule has 0 unspecified atom stereocenters. The molecule has 0 radical (unpaired) electrons. The summed E-state index contributed by atoms with van der Waals surface area (Å²) in [5.74, 6) is 0.440. The largest absolute Gasteiger partial charge is 0.384 e. The van der Waals surface area contributed by atoms with E-state index in [-0.39, 0.29) is 11.5 Å². The van der Waals surface area contributed by atoms with E-state index in [0.29, 0.717) is 23.8 Å². The molecule has 1 aromatic carbocycles. The number of anilines is 1. The summed E-state index contributed by atoms with van der Waals surface area (Å²) in [5.41, 5.74) is 7.27. The van der Waals surface area contributed by atoms with Gasteiger partial charge >= 0.3 is 0 Å². The van der Waals surface area contributed by atoms with Crippen molar-refractivity contribution >= 4 is 15.8 Å². The van der Waals surface area contributed by atoms with Crippen molar-refractivity contribution in [3.8, 4) is 11.1 Å². The molecule has 2 aliphatic rings. The molecule has 1 saturated heterocycles. The Morgan fingerprint density at radius 2 is 2.00 bits per heavy atom. The second-order valence-electron chi connectivity index (χ2n) is 7.92. The van der Waals surface area contributed by atoms with Gasteiger partial charge in [-0.15, -0.1) is 0 Å². The number of hydrogen-bond acceptors (Lipinski definition) is 5. The van der Waals surface area contributed by atoms with Crippen LogP contribution in [0.3, 0.4) is 0 Å². The monoisotopic (exact) mass is 401 g/mol. The van der Waals surface area contributed by atoms with Gasteiger partial charge in [-0.1, -0.05) is 18.6 Å². The van der Waals surface area contributed by atoms with Crippen LogP contribution in [-0.4, -0.2) is 44.0 Å². The maximum Gasteiger partial charge on any atom is 0.243 e. The summed E-state index contributed by atoms with van der Waals surface area (Å²) < 4.78 is 34.2. The van der Waals surface area contributed by atoms with Gasteiger partial charge in [-0.2, -0.15) is 4.31 Å². The first-order valence-corrected chi connectivity index (χ1v) is 11.2. The number of piperidine rings is 1. The minimum atomic E-state index is -3.56. The molecule has 1 aromatic heterocycles. The van der Waals surface area contributed by atoms with Crippen LogP contribution in [-0.2, 0) is 14.8 Å². The van der Waals surface area contributed by atoms with Crippen LogP contribution in [0.5, 0.6) is 0 Å². The van der Waals surface area contributed by atoms with Crippen molar-refractivity contribution in [3.63, 3.8) is 0 Å². The Balaban J connectivity index is 1.63. The maximum atomic E-state index is 13.4. The van der Waals surface area contributed by atoms with E-state index in [2.05, 4.69) is 4.98 Å². The number of hydrogen-bond donors (Lipinski definition) is 1. The van der Waals surface area contributed by atoms with Crippen molar-refractivity contribution in [2.75, 3.05) is 25.9 Å². The van der Waals surface area contributed by atoms with Crippen molar-refractivity contribution < 1.29 is 13.2 Å². The fourth-order valence-electron chi connectivity index (χ4n) is 4.82. The summed E-state index contributed by atoms with van der Waals surface area (Å²) in [6.07, 6.45) is 6.89. The molecular weight excluding hydrogens is 374 g/mol. The minimum Gasteiger partial charge on any atom is -0.384 e. The number of sulfonamides is 1. The average molecular weight is 402 g/mol. The molecule has 1 aliphatic carbocycles. The molecule has 4 rings (SSSR count). The van der Waals surface area contributed by atoms with Crippen LogP contribution in [0.25, 0.3) is 11.1 Å². The number of methoxy groups -OCH3 is 1. The maximum absolute atomic E-state index is 13.4. The van der Waals surface area contributed by atoms with Crippen LogP contribution in [0.1, 0.15) is 32.1 Å². The summed E-state index contributed by atoms with van der Waals surface area (Å²) >= 11 is 0. The summed E-state index contributed by atoms with van der Waals surface area (Å²) in [6.45, 7) is 1.11. The number of aromatic nitrogens is 1. The van der Waals surface area contributed by atoms with Gasteiger partial charge in [-0.25, -0.2) is 13.4 Å². The second-order valence-corrected chi connectivity index (χ2v) is 9.86. The number of pyridine rings is 1. The van der Waals surface area contributed by atoms with Crippen LogP contribution in [0, 0.1) is 5.41 Å². The van der Waals surface area contributed by atoms with Crippen LogP contribution in [0.2, 0.25) is 0 Å². The van der Waals surface area contributed by atoms with E-state index in [4.69, 9.17) is 10.5 Å². The standard InChI is InChI=1S/C21H27N3O3S/c1-27-19-7-3-10-21(19)11-4-12-24(15-21)28(25,26)18-6-2-5-16(13-18)17-8-9-20(22)23-14-17/h2,5-6,8-9,13-14,19H,3-4,7,10-12,15H2,1H3,(H2,22,23)/t19-,21+/m1/s1. The van der Waals surface area contributed by atoms with Gasteiger partial charge in [0.25, 0.3) is 0 Å². The number of nitrogens with zero attached hydrogens (tertiary/aromatic N) is 2. The van der Waals surface area contributed by atoms with Gasteiger partial charge in [-0.05, 0) is 55.5 Å². The van der Waals surface area contributed by atoms with Crippen molar-refractivity contribution in [1.29, 1.82) is 0 Å². The third-order valence-corrected chi connectivity index (χ3v) is 8.11. The lowest BCUT2D eigenvalue weighted by atomic mass is 9.77. The van der Waals surface area contributed by atoms with Crippen molar-refractivity contribution in [2.45, 2.75) is 43.1 Å². The van der Waals surface area contributed by atoms with E-state index in [1.54, 1.807) is 41.9 Å². The first-order valence-electron chi connectivity index (χ1n) is 9.80. The summed E-state index contributed by atoms with van der Waals surface area (Å²) in [7, 11) is -1.82. The fraction of sp³-hybridized carbons (Fsp3) is 0.476. The van der Waals surface area contributed by atoms with Gasteiger partial charge < -0.3 is 10.5 Å². The second kappa shape index (κ2) is 7.46. The highest BCUT2D eigenvalue weighted by Gasteiger charge is 2.48. The molecule has 7 heteroatoms. The molecule has 0 amide bonds. The molecule has 6 nitrogen and oxygen atoms in total. The molecule has 1 spiro atoms. The average Bonchev–Trinajstić information content (AvgIpc) is 3.10. The van der Waals surface area contributed by atoms with Crippen molar-refractivity contribution in [1.82, 2.24) is 9.29 Å². The van der Waals surface area contributed by atoms with E-state index >= 15 is 0 Å². The number of ether oxygens (including phenoxy) is 1. The Labute approximate surface area is 166 Å². The van der Waals surface area contributed by atoms with Gasteiger partial charge in [0.2, 0.25) is 10.0 Å². The number of rotatable bonds is 4. The number of benzene rings is 1. The van der Waals surface area contributed by atoms with Gasteiger partial charge in [0.1, 0.15) is 5.82 Å². The summed E-state index contributed by atoms with van der Waals surface area (Å²) in [5, 5.41) is 0. The lowest BCUT2D eigenvalue weighted by molar-refractivity contribution is -0.0184. The lowest BCUT2D eigenvalue weighted by Crippen LogP contribution is -2.49. The third kappa shape index (κ3) is 3.43. The molecule has 2 aromatic rings. The molecular formula is C21H27N3O3S. The van der Waals surface area contributed by atoms with Crippen LogP contribution >= 0.6 is 0 Å². The zero-order valence-electron chi connectivity index (χ0n) is 16.2. The smallest absolute Gasteiger partial charge is 0.243 e. The molecule has 2 fully saturated rings. The quantitative estimate of drug-likeness (QED) is 0.850. The highest BCUT2D eigenvalue weighted by Crippen LogP contribution is 2.47. The molecule has 1 aliphatic heterocycles. The third-order valence-electron chi connectivity index (χ3n) is 6.27. The first-order chi connectivity index (χ1) is 13.4. The minimum absolute atomic E-state index is 0.0431. The topological polar surface area (TPSA) is 85.5 Å². The zero-order valence-corrected chi connectivity index (χ0v) is 17.0. The Bertz CT molecular complexity index is 946. The normalized spacial score (nSPS) is 26.0. The van der Waals surface area contributed by atoms with Gasteiger partial charge in [-0.3, -0.25) is 0 Å². The Morgan fingerprint density at radius 1 is 1.18 bits per heavy atom. The SMILES string of the molecule is CO[C@@H]1CCC[C@@]12CCCN(S(=O)(=O)c1cccc(-c3ccc(N)nc3)c1)C2. The van der Waals surface area contributed by atoms with Crippen molar-refractivity contribution in [2.24, 2.45) is 5.41 Å². The van der Waals surface area contributed by atoms with E-state index < -0.39 is 10.0 Å². The van der Waals surface area contributed by atoms with Gasteiger partial charge in [0.15, 0.2) is 0 Å². The molecule has 2 N–H and O–H groups in total. The first kappa shape index (κ1) is 19.4. The van der Waals surface area contributed by atoms with Crippen LogP contribution in [0.4, 0.5) is 5.82 Å². The molecule has 1 saturated carbocycles. The highest BCUT2D eigenvalue weighted by atomic mass is 32.2. The van der Waals surface area contributed by atoms with E-state index in [0.717, 1.165) is 43.2 Å². The predicted octanol–water partition coefficient (Wildman–Crippen LogP) is 3.30. The number of nitrogen functional groups attached to an aromatic ring is 1. The van der Waals surface area contributed by atoms with Crippen LogP contribution in [0.15, 0.2) is 47.5 Å². The lowest BCUT2D eigenvalue weighted by Gasteiger charge is -2.43. The van der Waals surface area contributed by atoms with Crippen molar-refractivity contribution in [3.05, 3.63) is 42.6 Å². The zero-order chi connectivity index (χ0) is 19.8. The molecule has 0 bridgehead atoms. The van der Waals surface area contributed by atoms with E-state index in [9.17, 15) is 8.42 Å². The Hall–Kier alpha value is -1.96. The molecule has 28 heavy (non-hydrogen) atoms. The van der Waals surface area contributed by atoms with Gasteiger partial charge in [0.05, 0.1) is 11.0 Å². The summed E-state index contributed by atoms with van der Waals surface area (Å²) in [6, 6.07) is 10.6. The molecule has 150 valence electrons. The van der Waals surface area contributed by atoms with Crippen LogP contribution < -0.4 is 5.73 Å². The van der Waals surface area contributed by atoms with E-state index in [1.165, 1.54) is 0 Å². The van der Waals surface area contributed by atoms with E-state index in [1.807, 2.05) is 12.1 Å². The molecule has 2 heterocycles. The predicted molar refractivity (Wildman–Crippen MR) is 109 cm³/mol. The Kier molecular flexibility index (Phi) is 5.16. The summed E-state index contributed by atoms with van der Waals surface area (Å²) in [4.78, 5) is 4.43. The highest BCUT2D eigenvalue weighted by molar-refractivity contribution is 7.89. The molecule has 2 atom stereocenters. The van der Waals surface area contributed by atoms with Gasteiger partial charge in [0, 0.05) is 37.4 Å². The fourth-order valence-corrected chi connectivity index (χ4v) is 6.45. The Morgan fingerprint density at radius 3 is 2.75 bits per heavy atom.